The Kier molecular flexibility index (Phi) is 5.80. The van der Waals surface area contributed by atoms with Gasteiger partial charge in [0, 0.05) is 29.1 Å². The fourth-order valence-corrected chi connectivity index (χ4v) is 3.13. The highest BCUT2D eigenvalue weighted by molar-refractivity contribution is 5.91. The number of rotatable bonds is 6. The maximum Gasteiger partial charge on any atom is 0.339 e. The summed E-state index contributed by atoms with van der Waals surface area (Å²) in [5.74, 6) is 0.401. The Morgan fingerprint density at radius 2 is 2.04 bits per heavy atom. The molecule has 0 aliphatic heterocycles. The van der Waals surface area contributed by atoms with Gasteiger partial charge in [0.2, 0.25) is 5.91 Å². The van der Waals surface area contributed by atoms with E-state index in [-0.39, 0.29) is 18.7 Å². The second-order valence-electron chi connectivity index (χ2n) is 6.70. The molecular weight excluding hydrogens is 358 g/mol. The summed E-state index contributed by atoms with van der Waals surface area (Å²) < 4.78 is 10.6. The monoisotopic (exact) mass is 381 g/mol. The lowest BCUT2D eigenvalue weighted by atomic mass is 10.0. The molecule has 0 fully saturated rings. The lowest BCUT2D eigenvalue weighted by Crippen LogP contribution is -2.16. The standard InChI is InChI=1S/C22H23NO5/c1-13-18-8-7-17(27-3)12-20(18)28-22(26)19(13)9-10-21(25)23-16-6-4-5-15(11-16)14(2)24/h4-8,11-12,14,24H,9-10H2,1-3H3,(H,23,25). The number of amides is 1. The Morgan fingerprint density at radius 3 is 2.75 bits per heavy atom. The minimum atomic E-state index is -0.611. The highest BCUT2D eigenvalue weighted by Crippen LogP contribution is 2.24. The third-order valence-electron chi connectivity index (χ3n) is 4.75. The summed E-state index contributed by atoms with van der Waals surface area (Å²) in [5, 5.41) is 13.3. The summed E-state index contributed by atoms with van der Waals surface area (Å²) in [6, 6.07) is 12.4. The van der Waals surface area contributed by atoms with E-state index in [0.29, 0.717) is 22.6 Å². The van der Waals surface area contributed by atoms with Crippen LogP contribution in [0.15, 0.2) is 51.7 Å². The number of benzene rings is 2. The molecule has 28 heavy (non-hydrogen) atoms. The van der Waals surface area contributed by atoms with Gasteiger partial charge in [0.1, 0.15) is 11.3 Å². The van der Waals surface area contributed by atoms with Gasteiger partial charge in [0.05, 0.1) is 13.2 Å². The maximum absolute atomic E-state index is 12.4. The van der Waals surface area contributed by atoms with Crippen molar-refractivity contribution < 1.29 is 19.1 Å². The van der Waals surface area contributed by atoms with E-state index < -0.39 is 11.7 Å². The number of nitrogens with one attached hydrogen (secondary N) is 1. The minimum Gasteiger partial charge on any atom is -0.497 e. The van der Waals surface area contributed by atoms with E-state index in [2.05, 4.69) is 5.32 Å². The van der Waals surface area contributed by atoms with Crippen molar-refractivity contribution in [2.24, 2.45) is 0 Å². The van der Waals surface area contributed by atoms with Crippen LogP contribution in [0.25, 0.3) is 11.0 Å². The Balaban J connectivity index is 1.75. The van der Waals surface area contributed by atoms with Gasteiger partial charge >= 0.3 is 5.63 Å². The van der Waals surface area contributed by atoms with Gasteiger partial charge in [-0.1, -0.05) is 12.1 Å². The van der Waals surface area contributed by atoms with E-state index in [4.69, 9.17) is 9.15 Å². The van der Waals surface area contributed by atoms with Crippen LogP contribution in [0.2, 0.25) is 0 Å². The molecule has 3 aromatic rings. The van der Waals surface area contributed by atoms with E-state index in [1.54, 1.807) is 50.4 Å². The molecule has 6 nitrogen and oxygen atoms in total. The first kappa shape index (κ1) is 19.6. The molecule has 0 aliphatic carbocycles. The van der Waals surface area contributed by atoms with Crippen molar-refractivity contribution in [2.75, 3.05) is 12.4 Å². The number of ether oxygens (including phenoxy) is 1. The Labute approximate surface area is 162 Å². The Bertz CT molecular complexity index is 1070. The molecule has 1 heterocycles. The first-order chi connectivity index (χ1) is 13.4. The minimum absolute atomic E-state index is 0.145. The summed E-state index contributed by atoms with van der Waals surface area (Å²) in [4.78, 5) is 24.7. The van der Waals surface area contributed by atoms with Crippen LogP contribution in [0.5, 0.6) is 5.75 Å². The van der Waals surface area contributed by atoms with Crippen LogP contribution < -0.4 is 15.7 Å². The third kappa shape index (κ3) is 4.23. The molecule has 1 aromatic heterocycles. The fraction of sp³-hybridized carbons (Fsp3) is 0.273. The molecule has 0 spiro atoms. The summed E-state index contributed by atoms with van der Waals surface area (Å²) in [6.07, 6.45) is -0.190. The number of carbonyl (C=O) groups is 1. The molecule has 1 amide bonds. The first-order valence-electron chi connectivity index (χ1n) is 9.07. The third-order valence-corrected chi connectivity index (χ3v) is 4.75. The van der Waals surface area contributed by atoms with Gasteiger partial charge in [-0.15, -0.1) is 0 Å². The second-order valence-corrected chi connectivity index (χ2v) is 6.70. The molecule has 0 saturated heterocycles. The number of aliphatic hydroxyl groups excluding tert-OH is 1. The SMILES string of the molecule is COc1ccc2c(C)c(CCC(=O)Nc3cccc(C(C)O)c3)c(=O)oc2c1. The average Bonchev–Trinajstić information content (AvgIpc) is 2.67. The number of fused-ring (bicyclic) bond motifs is 1. The van der Waals surface area contributed by atoms with Gasteiger partial charge in [0.15, 0.2) is 0 Å². The molecule has 2 N–H and O–H groups in total. The Hall–Kier alpha value is -3.12. The van der Waals surface area contributed by atoms with Crippen LogP contribution in [0, 0.1) is 6.92 Å². The summed E-state index contributed by atoms with van der Waals surface area (Å²) >= 11 is 0. The molecule has 2 aromatic carbocycles. The van der Waals surface area contributed by atoms with Crippen LogP contribution in [0.1, 0.15) is 36.1 Å². The van der Waals surface area contributed by atoms with Gasteiger partial charge in [-0.25, -0.2) is 4.79 Å². The van der Waals surface area contributed by atoms with Crippen molar-refractivity contribution in [3.05, 3.63) is 69.6 Å². The van der Waals surface area contributed by atoms with E-state index >= 15 is 0 Å². The van der Waals surface area contributed by atoms with E-state index in [9.17, 15) is 14.7 Å². The molecular formula is C22H23NO5. The smallest absolute Gasteiger partial charge is 0.339 e. The van der Waals surface area contributed by atoms with E-state index in [0.717, 1.165) is 16.5 Å². The van der Waals surface area contributed by atoms with E-state index in [1.165, 1.54) is 0 Å². The molecule has 1 atom stereocenters. The molecule has 3 rings (SSSR count). The number of aryl methyl sites for hydroxylation is 1. The van der Waals surface area contributed by atoms with Crippen LogP contribution in [-0.4, -0.2) is 18.1 Å². The van der Waals surface area contributed by atoms with Crippen molar-refractivity contribution in [1.82, 2.24) is 0 Å². The molecule has 6 heteroatoms. The zero-order chi connectivity index (χ0) is 20.3. The van der Waals surface area contributed by atoms with Gasteiger partial charge < -0.3 is 19.6 Å². The number of aliphatic hydroxyl groups is 1. The normalized spacial score (nSPS) is 12.0. The van der Waals surface area contributed by atoms with Crippen molar-refractivity contribution in [3.63, 3.8) is 0 Å². The summed E-state index contributed by atoms with van der Waals surface area (Å²) in [7, 11) is 1.55. The average molecular weight is 381 g/mol. The van der Waals surface area contributed by atoms with Crippen LogP contribution in [0.4, 0.5) is 5.69 Å². The highest BCUT2D eigenvalue weighted by atomic mass is 16.5. The zero-order valence-electron chi connectivity index (χ0n) is 16.1. The highest BCUT2D eigenvalue weighted by Gasteiger charge is 2.14. The van der Waals surface area contributed by atoms with Crippen molar-refractivity contribution in [3.8, 4) is 5.75 Å². The lowest BCUT2D eigenvalue weighted by molar-refractivity contribution is -0.116. The van der Waals surface area contributed by atoms with Crippen molar-refractivity contribution in [2.45, 2.75) is 32.8 Å². The van der Waals surface area contributed by atoms with Crippen LogP contribution in [0.3, 0.4) is 0 Å². The zero-order valence-corrected chi connectivity index (χ0v) is 16.1. The van der Waals surface area contributed by atoms with Crippen LogP contribution in [-0.2, 0) is 11.2 Å². The lowest BCUT2D eigenvalue weighted by Gasteiger charge is -2.10. The number of methoxy groups -OCH3 is 1. The van der Waals surface area contributed by atoms with Crippen molar-refractivity contribution in [1.29, 1.82) is 0 Å². The molecule has 0 bridgehead atoms. The largest absolute Gasteiger partial charge is 0.497 e. The quantitative estimate of drug-likeness (QED) is 0.635. The number of anilines is 1. The number of hydrogen-bond donors (Lipinski definition) is 2. The Morgan fingerprint density at radius 1 is 1.25 bits per heavy atom. The molecule has 146 valence electrons. The second kappa shape index (κ2) is 8.27. The van der Waals surface area contributed by atoms with Gasteiger partial charge in [0.25, 0.3) is 0 Å². The molecule has 0 radical (unpaired) electrons. The number of carbonyl (C=O) groups excluding carboxylic acids is 1. The fourth-order valence-electron chi connectivity index (χ4n) is 3.13. The van der Waals surface area contributed by atoms with Crippen molar-refractivity contribution >= 4 is 22.6 Å². The summed E-state index contributed by atoms with van der Waals surface area (Å²) in [6.45, 7) is 3.52. The maximum atomic E-state index is 12.4. The molecule has 0 aliphatic rings. The number of hydrogen-bond acceptors (Lipinski definition) is 5. The van der Waals surface area contributed by atoms with Gasteiger partial charge in [-0.05, 0) is 55.7 Å². The topological polar surface area (TPSA) is 88.8 Å². The van der Waals surface area contributed by atoms with E-state index in [1.807, 2.05) is 13.0 Å². The van der Waals surface area contributed by atoms with Gasteiger partial charge in [-0.3, -0.25) is 4.79 Å². The van der Waals surface area contributed by atoms with Gasteiger partial charge in [-0.2, -0.15) is 0 Å². The predicted molar refractivity (Wildman–Crippen MR) is 108 cm³/mol. The molecule has 0 saturated carbocycles. The summed E-state index contributed by atoms with van der Waals surface area (Å²) in [5.41, 5.74) is 2.65. The molecule has 1 unspecified atom stereocenters. The first-order valence-corrected chi connectivity index (χ1v) is 9.07. The van der Waals surface area contributed by atoms with Crippen LogP contribution >= 0.6 is 0 Å². The predicted octanol–water partition coefficient (Wildman–Crippen LogP) is 3.73.